The van der Waals surface area contributed by atoms with E-state index in [0.29, 0.717) is 23.9 Å². The van der Waals surface area contributed by atoms with Gasteiger partial charge >= 0.3 is 5.69 Å². The van der Waals surface area contributed by atoms with Crippen molar-refractivity contribution < 1.29 is 9.72 Å². The molecule has 7 nitrogen and oxygen atoms in total. The maximum Gasteiger partial charge on any atom is 0.312 e. The van der Waals surface area contributed by atoms with E-state index in [1.807, 2.05) is 13.8 Å². The van der Waals surface area contributed by atoms with Crippen molar-refractivity contribution in [1.82, 2.24) is 15.1 Å². The molecule has 1 heterocycles. The highest BCUT2D eigenvalue weighted by atomic mass is 16.6. The predicted octanol–water partition coefficient (Wildman–Crippen LogP) is 1.74. The van der Waals surface area contributed by atoms with Gasteiger partial charge in [-0.3, -0.25) is 19.6 Å². The van der Waals surface area contributed by atoms with Crippen molar-refractivity contribution in [2.75, 3.05) is 6.54 Å². The van der Waals surface area contributed by atoms with Gasteiger partial charge in [-0.15, -0.1) is 0 Å². The second kappa shape index (κ2) is 5.81. The van der Waals surface area contributed by atoms with Crippen LogP contribution >= 0.6 is 0 Å². The summed E-state index contributed by atoms with van der Waals surface area (Å²) in [6.45, 7) is 9.42. The number of nitrogens with zero attached hydrogens (tertiary/aromatic N) is 3. The summed E-state index contributed by atoms with van der Waals surface area (Å²) in [5, 5.41) is 17.8. The van der Waals surface area contributed by atoms with Gasteiger partial charge < -0.3 is 5.32 Å². The van der Waals surface area contributed by atoms with Gasteiger partial charge in [0.15, 0.2) is 0 Å². The van der Waals surface area contributed by atoms with Crippen LogP contribution in [0.1, 0.15) is 38.2 Å². The molecule has 0 radical (unpaired) electrons. The van der Waals surface area contributed by atoms with Gasteiger partial charge in [0.25, 0.3) is 0 Å². The fourth-order valence-electron chi connectivity index (χ4n) is 1.86. The number of carbonyl (C=O) groups excluding carboxylic acids is 1. The van der Waals surface area contributed by atoms with E-state index in [1.54, 1.807) is 20.8 Å². The quantitative estimate of drug-likeness (QED) is 0.650. The minimum absolute atomic E-state index is 0.0245. The first-order valence-corrected chi connectivity index (χ1v) is 6.23. The smallest absolute Gasteiger partial charge is 0.312 e. The molecule has 0 fully saturated rings. The van der Waals surface area contributed by atoms with Crippen LogP contribution in [0, 0.1) is 29.9 Å². The summed E-state index contributed by atoms with van der Waals surface area (Å²) in [5.74, 6) is 0.167. The Hall–Kier alpha value is -1.92. The third kappa shape index (κ3) is 3.30. The molecule has 1 unspecified atom stereocenters. The molecule has 1 rings (SSSR count). The zero-order chi connectivity index (χ0) is 14.7. The van der Waals surface area contributed by atoms with Crippen molar-refractivity contribution in [2.24, 2.45) is 5.92 Å². The fourth-order valence-corrected chi connectivity index (χ4v) is 1.86. The maximum absolute atomic E-state index is 11.9. The van der Waals surface area contributed by atoms with E-state index >= 15 is 0 Å². The van der Waals surface area contributed by atoms with Crippen LogP contribution in [-0.4, -0.2) is 27.2 Å². The van der Waals surface area contributed by atoms with E-state index in [0.717, 1.165) is 0 Å². The Labute approximate surface area is 112 Å². The number of rotatable bonds is 5. The molecule has 1 atom stereocenters. The summed E-state index contributed by atoms with van der Waals surface area (Å²) < 4.78 is 1.41. The zero-order valence-corrected chi connectivity index (χ0v) is 11.9. The Balaban J connectivity index is 2.94. The maximum atomic E-state index is 11.9. The topological polar surface area (TPSA) is 90.1 Å². The van der Waals surface area contributed by atoms with E-state index in [1.165, 1.54) is 4.68 Å². The first-order valence-electron chi connectivity index (χ1n) is 6.23. The van der Waals surface area contributed by atoms with Gasteiger partial charge in [0.2, 0.25) is 5.91 Å². The summed E-state index contributed by atoms with van der Waals surface area (Å²) in [4.78, 5) is 22.4. The fraction of sp³-hybridized carbons (Fsp3) is 0.667. The number of carbonyl (C=O) groups is 1. The molecule has 19 heavy (non-hydrogen) atoms. The molecular weight excluding hydrogens is 248 g/mol. The molecule has 7 heteroatoms. The van der Waals surface area contributed by atoms with Crippen molar-refractivity contribution >= 4 is 11.6 Å². The Morgan fingerprint density at radius 2 is 2.00 bits per heavy atom. The molecule has 0 aliphatic rings. The third-order valence-electron chi connectivity index (χ3n) is 2.90. The van der Waals surface area contributed by atoms with Gasteiger partial charge in [-0.1, -0.05) is 13.8 Å². The van der Waals surface area contributed by atoms with Crippen LogP contribution in [0.4, 0.5) is 5.69 Å². The van der Waals surface area contributed by atoms with E-state index in [-0.39, 0.29) is 11.6 Å². The van der Waals surface area contributed by atoms with Gasteiger partial charge in [0, 0.05) is 6.54 Å². The van der Waals surface area contributed by atoms with Gasteiger partial charge in [0.1, 0.15) is 17.4 Å². The van der Waals surface area contributed by atoms with Crippen LogP contribution in [0.3, 0.4) is 0 Å². The highest BCUT2D eigenvalue weighted by Crippen LogP contribution is 2.24. The Kier molecular flexibility index (Phi) is 4.63. The van der Waals surface area contributed by atoms with Gasteiger partial charge in [0.05, 0.1) is 4.92 Å². The third-order valence-corrected chi connectivity index (χ3v) is 2.90. The minimum Gasteiger partial charge on any atom is -0.354 e. The summed E-state index contributed by atoms with van der Waals surface area (Å²) in [7, 11) is 0. The van der Waals surface area contributed by atoms with Crippen LogP contribution < -0.4 is 5.32 Å². The SMILES string of the molecule is Cc1nn(C(C)C(=O)NCC(C)C)c(C)c1[N+](=O)[O-]. The molecular formula is C12H20N4O3. The average Bonchev–Trinajstić information content (AvgIpc) is 2.60. The van der Waals surface area contributed by atoms with Crippen LogP contribution in [-0.2, 0) is 4.79 Å². The van der Waals surface area contributed by atoms with Gasteiger partial charge in [-0.05, 0) is 26.7 Å². The number of aryl methyl sites for hydroxylation is 1. The Bertz CT molecular complexity index is 493. The number of nitro groups is 1. The summed E-state index contributed by atoms with van der Waals surface area (Å²) >= 11 is 0. The lowest BCUT2D eigenvalue weighted by Gasteiger charge is -2.15. The number of hydrogen-bond acceptors (Lipinski definition) is 4. The highest BCUT2D eigenvalue weighted by molar-refractivity contribution is 5.80. The van der Waals surface area contributed by atoms with Crippen molar-refractivity contribution in [1.29, 1.82) is 0 Å². The van der Waals surface area contributed by atoms with Crippen molar-refractivity contribution in [2.45, 2.75) is 40.7 Å². The predicted molar refractivity (Wildman–Crippen MR) is 70.9 cm³/mol. The first kappa shape index (κ1) is 15.1. The minimum atomic E-state index is -0.564. The van der Waals surface area contributed by atoms with E-state index in [2.05, 4.69) is 10.4 Å². The molecule has 0 saturated carbocycles. The van der Waals surface area contributed by atoms with E-state index in [4.69, 9.17) is 0 Å². The average molecular weight is 268 g/mol. The summed E-state index contributed by atoms with van der Waals surface area (Å²) in [6.07, 6.45) is 0. The first-order chi connectivity index (χ1) is 8.75. The molecule has 0 saturated heterocycles. The Morgan fingerprint density at radius 1 is 1.42 bits per heavy atom. The van der Waals surface area contributed by atoms with Crippen LogP contribution in [0.5, 0.6) is 0 Å². The second-order valence-electron chi connectivity index (χ2n) is 5.04. The molecule has 1 amide bonds. The lowest BCUT2D eigenvalue weighted by Crippen LogP contribution is -2.34. The summed E-state index contributed by atoms with van der Waals surface area (Å²) in [6, 6.07) is -0.564. The lowest BCUT2D eigenvalue weighted by atomic mass is 10.2. The molecule has 106 valence electrons. The zero-order valence-electron chi connectivity index (χ0n) is 11.9. The molecule has 0 aliphatic carbocycles. The molecule has 1 aromatic rings. The van der Waals surface area contributed by atoms with E-state index in [9.17, 15) is 14.9 Å². The normalized spacial score (nSPS) is 12.5. The molecule has 0 bridgehead atoms. The van der Waals surface area contributed by atoms with Gasteiger partial charge in [-0.2, -0.15) is 5.10 Å². The monoisotopic (exact) mass is 268 g/mol. The van der Waals surface area contributed by atoms with Crippen molar-refractivity contribution in [3.63, 3.8) is 0 Å². The highest BCUT2D eigenvalue weighted by Gasteiger charge is 2.26. The number of nitrogens with one attached hydrogen (secondary N) is 1. The number of hydrogen-bond donors (Lipinski definition) is 1. The number of amides is 1. The number of aromatic nitrogens is 2. The lowest BCUT2D eigenvalue weighted by molar-refractivity contribution is -0.386. The van der Waals surface area contributed by atoms with Crippen molar-refractivity contribution in [3.05, 3.63) is 21.5 Å². The standard InChI is InChI=1S/C12H20N4O3/c1-7(2)6-13-12(17)10(5)15-9(4)11(16(18)19)8(3)14-15/h7,10H,6H2,1-5H3,(H,13,17). The van der Waals surface area contributed by atoms with Crippen LogP contribution in [0.25, 0.3) is 0 Å². The van der Waals surface area contributed by atoms with E-state index < -0.39 is 11.0 Å². The summed E-state index contributed by atoms with van der Waals surface area (Å²) in [5.41, 5.74) is 0.698. The second-order valence-corrected chi connectivity index (χ2v) is 5.04. The Morgan fingerprint density at radius 3 is 2.42 bits per heavy atom. The molecule has 1 N–H and O–H groups in total. The molecule has 1 aromatic heterocycles. The molecule has 0 aromatic carbocycles. The molecule has 0 aliphatic heterocycles. The van der Waals surface area contributed by atoms with Crippen molar-refractivity contribution in [3.8, 4) is 0 Å². The molecule has 0 spiro atoms. The van der Waals surface area contributed by atoms with Crippen LogP contribution in [0.15, 0.2) is 0 Å². The van der Waals surface area contributed by atoms with Gasteiger partial charge in [-0.25, -0.2) is 0 Å². The largest absolute Gasteiger partial charge is 0.354 e. The van der Waals surface area contributed by atoms with Crippen LogP contribution in [0.2, 0.25) is 0 Å².